The molecule has 1 saturated heterocycles. The van der Waals surface area contributed by atoms with Crippen LogP contribution < -0.4 is 0 Å². The van der Waals surface area contributed by atoms with Crippen molar-refractivity contribution in [1.29, 1.82) is 5.26 Å². The number of hydrogen-bond donors (Lipinski definition) is 0. The molecular weight excluding hydrogens is 262 g/mol. The first-order valence-corrected chi connectivity index (χ1v) is 6.92. The van der Waals surface area contributed by atoms with Crippen LogP contribution in [0.15, 0.2) is 18.2 Å². The molecule has 0 spiro atoms. The summed E-state index contributed by atoms with van der Waals surface area (Å²) in [5.41, 5.74) is 1.49. The summed E-state index contributed by atoms with van der Waals surface area (Å²) < 4.78 is 11.6. The van der Waals surface area contributed by atoms with Crippen LogP contribution in [0.4, 0.5) is 0 Å². The summed E-state index contributed by atoms with van der Waals surface area (Å²) in [4.78, 5) is 0. The molecule has 1 aliphatic heterocycles. The van der Waals surface area contributed by atoms with Gasteiger partial charge in [-0.05, 0) is 44.4 Å². The Kier molecular flexibility index (Phi) is 4.81. The first kappa shape index (κ1) is 14.3. The maximum atomic E-state index is 8.79. The molecule has 2 atom stereocenters. The third-order valence-electron chi connectivity index (χ3n) is 3.31. The summed E-state index contributed by atoms with van der Waals surface area (Å²) in [7, 11) is 0. The van der Waals surface area contributed by atoms with E-state index in [1.807, 2.05) is 6.07 Å². The molecule has 0 saturated carbocycles. The van der Waals surface area contributed by atoms with Gasteiger partial charge < -0.3 is 9.47 Å². The summed E-state index contributed by atoms with van der Waals surface area (Å²) in [5.74, 6) is 0. The third-order valence-corrected chi connectivity index (χ3v) is 3.66. The first-order chi connectivity index (χ1) is 9.08. The Morgan fingerprint density at radius 2 is 2.05 bits per heavy atom. The van der Waals surface area contributed by atoms with Gasteiger partial charge in [0.1, 0.15) is 0 Å². The third kappa shape index (κ3) is 3.94. The molecule has 1 aliphatic rings. The van der Waals surface area contributed by atoms with E-state index in [9.17, 15) is 0 Å². The molecule has 0 N–H and O–H groups in total. The molecule has 4 heteroatoms. The molecule has 19 heavy (non-hydrogen) atoms. The van der Waals surface area contributed by atoms with Crippen molar-refractivity contribution in [3.8, 4) is 6.07 Å². The zero-order valence-corrected chi connectivity index (χ0v) is 12.0. The summed E-state index contributed by atoms with van der Waals surface area (Å²) in [6.07, 6.45) is 2.53. The first-order valence-electron chi connectivity index (χ1n) is 6.54. The van der Waals surface area contributed by atoms with Crippen LogP contribution >= 0.6 is 11.6 Å². The van der Waals surface area contributed by atoms with Crippen LogP contribution in [0.2, 0.25) is 5.02 Å². The maximum Gasteiger partial charge on any atom is 0.0992 e. The Labute approximate surface area is 119 Å². The second kappa shape index (κ2) is 6.38. The molecular formula is C15H18ClNO2. The maximum absolute atomic E-state index is 8.79. The SMILES string of the molecule is CC1CC(OCc2ccc(C#N)cc2Cl)CC(C)O1. The largest absolute Gasteiger partial charge is 0.375 e. The van der Waals surface area contributed by atoms with E-state index in [2.05, 4.69) is 19.9 Å². The number of benzene rings is 1. The lowest BCUT2D eigenvalue weighted by atomic mass is 10.0. The van der Waals surface area contributed by atoms with Gasteiger partial charge in [-0.2, -0.15) is 5.26 Å². The van der Waals surface area contributed by atoms with E-state index >= 15 is 0 Å². The van der Waals surface area contributed by atoms with Gasteiger partial charge in [0, 0.05) is 5.02 Å². The lowest BCUT2D eigenvalue weighted by molar-refractivity contribution is -0.106. The lowest BCUT2D eigenvalue weighted by Gasteiger charge is -2.32. The fourth-order valence-corrected chi connectivity index (χ4v) is 2.66. The molecule has 2 unspecified atom stereocenters. The Morgan fingerprint density at radius 1 is 1.37 bits per heavy atom. The Hall–Kier alpha value is -1.08. The van der Waals surface area contributed by atoms with Crippen molar-refractivity contribution in [2.75, 3.05) is 0 Å². The standard InChI is InChI=1S/C15H18ClNO2/c1-10-5-14(6-11(2)19-10)18-9-13-4-3-12(8-17)7-15(13)16/h3-4,7,10-11,14H,5-6,9H2,1-2H3. The molecule has 1 aromatic carbocycles. The van der Waals surface area contributed by atoms with Gasteiger partial charge in [0.2, 0.25) is 0 Å². The predicted molar refractivity (Wildman–Crippen MR) is 74.0 cm³/mol. The van der Waals surface area contributed by atoms with Gasteiger partial charge in [-0.25, -0.2) is 0 Å². The van der Waals surface area contributed by atoms with Crippen molar-refractivity contribution in [2.45, 2.75) is 51.6 Å². The monoisotopic (exact) mass is 279 g/mol. The van der Waals surface area contributed by atoms with Crippen LogP contribution in [0, 0.1) is 11.3 Å². The van der Waals surface area contributed by atoms with E-state index in [1.165, 1.54) is 0 Å². The highest BCUT2D eigenvalue weighted by molar-refractivity contribution is 6.31. The van der Waals surface area contributed by atoms with E-state index in [-0.39, 0.29) is 18.3 Å². The van der Waals surface area contributed by atoms with Crippen LogP contribution in [-0.2, 0) is 16.1 Å². The molecule has 0 amide bonds. The molecule has 1 aromatic rings. The van der Waals surface area contributed by atoms with Gasteiger partial charge in [-0.3, -0.25) is 0 Å². The van der Waals surface area contributed by atoms with Gasteiger partial charge in [0.25, 0.3) is 0 Å². The molecule has 0 radical (unpaired) electrons. The number of halogens is 1. The highest BCUT2D eigenvalue weighted by Gasteiger charge is 2.25. The van der Waals surface area contributed by atoms with Crippen LogP contribution in [0.3, 0.4) is 0 Å². The molecule has 1 fully saturated rings. The molecule has 0 bridgehead atoms. The predicted octanol–water partition coefficient (Wildman–Crippen LogP) is 3.68. The van der Waals surface area contributed by atoms with Gasteiger partial charge >= 0.3 is 0 Å². The molecule has 102 valence electrons. The number of rotatable bonds is 3. The van der Waals surface area contributed by atoms with E-state index in [0.29, 0.717) is 17.2 Å². The van der Waals surface area contributed by atoms with E-state index in [0.717, 1.165) is 18.4 Å². The highest BCUT2D eigenvalue weighted by Crippen LogP contribution is 2.24. The quantitative estimate of drug-likeness (QED) is 0.847. The number of ether oxygens (including phenoxy) is 2. The van der Waals surface area contributed by atoms with Crippen molar-refractivity contribution >= 4 is 11.6 Å². The van der Waals surface area contributed by atoms with Crippen molar-refractivity contribution in [2.24, 2.45) is 0 Å². The van der Waals surface area contributed by atoms with Crippen molar-refractivity contribution in [1.82, 2.24) is 0 Å². The Balaban J connectivity index is 1.93. The van der Waals surface area contributed by atoms with Crippen LogP contribution in [0.1, 0.15) is 37.8 Å². The second-order valence-electron chi connectivity index (χ2n) is 5.08. The van der Waals surface area contributed by atoms with Crippen LogP contribution in [-0.4, -0.2) is 18.3 Å². The highest BCUT2D eigenvalue weighted by atomic mass is 35.5. The van der Waals surface area contributed by atoms with E-state index in [1.54, 1.807) is 12.1 Å². The smallest absolute Gasteiger partial charge is 0.0992 e. The Morgan fingerprint density at radius 3 is 2.63 bits per heavy atom. The van der Waals surface area contributed by atoms with Crippen molar-refractivity contribution < 1.29 is 9.47 Å². The molecule has 3 nitrogen and oxygen atoms in total. The normalized spacial score (nSPS) is 26.9. The zero-order chi connectivity index (χ0) is 13.8. The Bertz CT molecular complexity index is 474. The number of nitrogens with zero attached hydrogens (tertiary/aromatic N) is 1. The second-order valence-corrected chi connectivity index (χ2v) is 5.49. The van der Waals surface area contributed by atoms with Crippen molar-refractivity contribution in [3.05, 3.63) is 34.3 Å². The van der Waals surface area contributed by atoms with E-state index in [4.69, 9.17) is 26.3 Å². The van der Waals surface area contributed by atoms with Gasteiger partial charge in [-0.1, -0.05) is 17.7 Å². The minimum atomic E-state index is 0.213. The van der Waals surface area contributed by atoms with Crippen molar-refractivity contribution in [3.63, 3.8) is 0 Å². The van der Waals surface area contributed by atoms with E-state index < -0.39 is 0 Å². The van der Waals surface area contributed by atoms with Gasteiger partial charge in [-0.15, -0.1) is 0 Å². The lowest BCUT2D eigenvalue weighted by Crippen LogP contribution is -2.34. The molecule has 0 aliphatic carbocycles. The minimum absolute atomic E-state index is 0.213. The summed E-state index contributed by atoms with van der Waals surface area (Å²) in [6, 6.07) is 7.36. The van der Waals surface area contributed by atoms with Crippen LogP contribution in [0.5, 0.6) is 0 Å². The van der Waals surface area contributed by atoms with Gasteiger partial charge in [0.15, 0.2) is 0 Å². The summed E-state index contributed by atoms with van der Waals surface area (Å²) >= 11 is 6.13. The van der Waals surface area contributed by atoms with Gasteiger partial charge in [0.05, 0.1) is 36.6 Å². The summed E-state index contributed by atoms with van der Waals surface area (Å²) in [6.45, 7) is 4.62. The summed E-state index contributed by atoms with van der Waals surface area (Å²) in [5, 5.41) is 9.38. The van der Waals surface area contributed by atoms with Crippen LogP contribution in [0.25, 0.3) is 0 Å². The zero-order valence-electron chi connectivity index (χ0n) is 11.2. The molecule has 2 rings (SSSR count). The fourth-order valence-electron chi connectivity index (χ4n) is 2.42. The molecule has 1 heterocycles. The molecule has 0 aromatic heterocycles. The average molecular weight is 280 g/mol. The average Bonchev–Trinajstić information content (AvgIpc) is 2.36. The number of nitriles is 1. The topological polar surface area (TPSA) is 42.2 Å². The fraction of sp³-hybridized carbons (Fsp3) is 0.533. The number of hydrogen-bond acceptors (Lipinski definition) is 3. The minimum Gasteiger partial charge on any atom is -0.375 e.